The van der Waals surface area contributed by atoms with E-state index >= 15 is 0 Å². The zero-order valence-corrected chi connectivity index (χ0v) is 18.8. The van der Waals surface area contributed by atoms with Crippen molar-refractivity contribution in [1.82, 2.24) is 15.5 Å². The van der Waals surface area contributed by atoms with Gasteiger partial charge in [-0.2, -0.15) is 18.3 Å². The predicted octanol–water partition coefficient (Wildman–Crippen LogP) is 5.19. The maximum atomic E-state index is 14.1. The van der Waals surface area contributed by atoms with Gasteiger partial charge in [-0.3, -0.25) is 0 Å². The minimum Gasteiger partial charge on any atom is -0.367 e. The number of aromatic nitrogens is 2. The molecule has 1 aromatic heterocycles. The minimum atomic E-state index is -4.42. The molecule has 4 rings (SSSR count). The van der Waals surface area contributed by atoms with Crippen LogP contribution in [0.5, 0.6) is 0 Å². The highest BCUT2D eigenvalue weighted by atomic mass is 19.4. The van der Waals surface area contributed by atoms with Crippen LogP contribution in [0, 0.1) is 13.8 Å². The van der Waals surface area contributed by atoms with E-state index in [1.165, 1.54) is 13.0 Å². The van der Waals surface area contributed by atoms with Gasteiger partial charge < -0.3 is 15.5 Å². The van der Waals surface area contributed by atoms with Crippen LogP contribution in [0.4, 0.5) is 29.1 Å². The minimum absolute atomic E-state index is 0.182. The Morgan fingerprint density at radius 3 is 2.67 bits per heavy atom. The zero-order valence-electron chi connectivity index (χ0n) is 18.8. The van der Waals surface area contributed by atoms with Gasteiger partial charge in [0.2, 0.25) is 0 Å². The van der Waals surface area contributed by atoms with Crippen molar-refractivity contribution < 1.29 is 17.6 Å². The first kappa shape index (κ1) is 23.2. The maximum Gasteiger partial charge on any atom is 0.416 e. The Hall–Kier alpha value is -2.94. The Bertz CT molecular complexity index is 1150. The number of hydrogen-bond donors (Lipinski definition) is 2. The van der Waals surface area contributed by atoms with E-state index in [1.54, 1.807) is 13.0 Å². The monoisotopic (exact) mass is 461 g/mol. The van der Waals surface area contributed by atoms with Gasteiger partial charge in [0.05, 0.1) is 23.8 Å². The fraction of sp³-hybridized carbons (Fsp3) is 0.417. The Morgan fingerprint density at radius 2 is 1.91 bits per heavy atom. The molecular weight excluding hydrogens is 434 g/mol. The van der Waals surface area contributed by atoms with Crippen molar-refractivity contribution >= 4 is 22.3 Å². The van der Waals surface area contributed by atoms with Gasteiger partial charge in [0.1, 0.15) is 6.17 Å². The second-order valence-electron chi connectivity index (χ2n) is 8.49. The Kier molecular flexibility index (Phi) is 6.43. The molecule has 1 aliphatic rings. The Labute approximate surface area is 190 Å². The molecule has 0 aliphatic carbocycles. The number of nitrogens with one attached hydrogen (secondary N) is 2. The fourth-order valence-corrected chi connectivity index (χ4v) is 4.39. The molecule has 1 aliphatic heterocycles. The van der Waals surface area contributed by atoms with E-state index in [1.807, 2.05) is 30.0 Å². The summed E-state index contributed by atoms with van der Waals surface area (Å²) in [5.74, 6) is 0.478. The summed E-state index contributed by atoms with van der Waals surface area (Å²) in [5, 5.41) is 16.6. The summed E-state index contributed by atoms with van der Waals surface area (Å²) in [4.78, 5) is 1.99. The van der Waals surface area contributed by atoms with Crippen molar-refractivity contribution in [3.63, 3.8) is 0 Å². The van der Waals surface area contributed by atoms with E-state index in [2.05, 4.69) is 20.8 Å². The highest BCUT2D eigenvalue weighted by Crippen LogP contribution is 2.36. The van der Waals surface area contributed by atoms with Gasteiger partial charge in [-0.1, -0.05) is 18.2 Å². The van der Waals surface area contributed by atoms with Crippen molar-refractivity contribution in [2.24, 2.45) is 0 Å². The number of fused-ring (bicyclic) bond motifs is 1. The Morgan fingerprint density at radius 1 is 1.12 bits per heavy atom. The third-order valence-electron chi connectivity index (χ3n) is 6.16. The molecule has 0 radical (unpaired) electrons. The lowest BCUT2D eigenvalue weighted by atomic mass is 9.97. The normalized spacial score (nSPS) is 18.3. The number of nitrogens with zero attached hydrogens (tertiary/aromatic N) is 3. The number of anilines is 2. The summed E-state index contributed by atoms with van der Waals surface area (Å²) >= 11 is 0. The third-order valence-corrected chi connectivity index (χ3v) is 6.16. The number of halogens is 4. The summed E-state index contributed by atoms with van der Waals surface area (Å²) in [7, 11) is 0. The molecular formula is C24H27F4N5. The first-order valence-corrected chi connectivity index (χ1v) is 10.9. The topological polar surface area (TPSA) is 53.1 Å². The van der Waals surface area contributed by atoms with Crippen molar-refractivity contribution in [3.8, 4) is 0 Å². The average Bonchev–Trinajstić information content (AvgIpc) is 2.99. The van der Waals surface area contributed by atoms with Gasteiger partial charge in [-0.15, -0.1) is 5.10 Å². The molecule has 5 nitrogen and oxygen atoms in total. The van der Waals surface area contributed by atoms with Crippen molar-refractivity contribution in [2.45, 2.75) is 39.2 Å². The largest absolute Gasteiger partial charge is 0.416 e. The summed E-state index contributed by atoms with van der Waals surface area (Å²) in [6.45, 7) is 7.11. The third kappa shape index (κ3) is 4.88. The van der Waals surface area contributed by atoms with Gasteiger partial charge in [0.15, 0.2) is 5.82 Å². The van der Waals surface area contributed by atoms with Crippen LogP contribution in [0.3, 0.4) is 0 Å². The molecule has 9 heteroatoms. The van der Waals surface area contributed by atoms with Gasteiger partial charge >= 0.3 is 6.18 Å². The first-order chi connectivity index (χ1) is 15.6. The van der Waals surface area contributed by atoms with Crippen LogP contribution in [0.15, 0.2) is 36.4 Å². The molecule has 0 amide bonds. The lowest BCUT2D eigenvalue weighted by Gasteiger charge is -2.24. The zero-order chi connectivity index (χ0) is 23.8. The SMILES string of the molecule is Cc1c([C@@H](C)Nc2nnc(C)c3ccc(N4CCNCC(F)C4)cc23)cccc1C(F)(F)F. The molecule has 1 unspecified atom stereocenters. The number of alkyl halides is 4. The lowest BCUT2D eigenvalue weighted by molar-refractivity contribution is -0.138. The van der Waals surface area contributed by atoms with Crippen LogP contribution in [-0.2, 0) is 6.18 Å². The molecule has 0 saturated carbocycles. The quantitative estimate of drug-likeness (QED) is 0.524. The van der Waals surface area contributed by atoms with Crippen LogP contribution < -0.4 is 15.5 Å². The number of hydrogen-bond acceptors (Lipinski definition) is 5. The second-order valence-corrected chi connectivity index (χ2v) is 8.49. The van der Waals surface area contributed by atoms with Crippen LogP contribution in [-0.4, -0.2) is 42.5 Å². The lowest BCUT2D eigenvalue weighted by Crippen LogP contribution is -2.30. The van der Waals surface area contributed by atoms with Crippen LogP contribution in [0.1, 0.15) is 35.3 Å². The van der Waals surface area contributed by atoms with E-state index in [4.69, 9.17) is 0 Å². The second kappa shape index (κ2) is 9.13. The molecule has 2 aromatic carbocycles. The van der Waals surface area contributed by atoms with Crippen LogP contribution >= 0.6 is 0 Å². The molecule has 2 atom stereocenters. The summed E-state index contributed by atoms with van der Waals surface area (Å²) < 4.78 is 54.2. The van der Waals surface area contributed by atoms with Crippen molar-refractivity contribution in [3.05, 3.63) is 58.8 Å². The standard InChI is InChI=1S/C24H27F4N5/c1-14-19(5-4-6-22(14)24(26,27)28)15(2)30-23-21-11-18(7-8-20(21)16(3)31-32-23)33-10-9-29-12-17(25)13-33/h4-8,11,15,17,29H,9-10,12-13H2,1-3H3,(H,30,32)/t15-,17?/m1/s1. The first-order valence-electron chi connectivity index (χ1n) is 10.9. The molecule has 0 bridgehead atoms. The number of benzene rings is 2. The molecule has 0 spiro atoms. The van der Waals surface area contributed by atoms with Gasteiger partial charge in [-0.25, -0.2) is 4.39 Å². The predicted molar refractivity (Wildman–Crippen MR) is 122 cm³/mol. The maximum absolute atomic E-state index is 14.1. The van der Waals surface area contributed by atoms with E-state index in [-0.39, 0.29) is 5.56 Å². The molecule has 1 fully saturated rings. The van der Waals surface area contributed by atoms with Gasteiger partial charge in [0.25, 0.3) is 0 Å². The van der Waals surface area contributed by atoms with E-state index in [0.29, 0.717) is 37.6 Å². The Balaban J connectivity index is 1.70. The van der Waals surface area contributed by atoms with Crippen LogP contribution in [0.25, 0.3) is 10.8 Å². The van der Waals surface area contributed by atoms with E-state index < -0.39 is 24.0 Å². The number of aryl methyl sites for hydroxylation is 1. The van der Waals surface area contributed by atoms with Crippen molar-refractivity contribution in [1.29, 1.82) is 0 Å². The summed E-state index contributed by atoms with van der Waals surface area (Å²) in [5.41, 5.74) is 1.68. The van der Waals surface area contributed by atoms with Gasteiger partial charge in [-0.05, 0) is 50.1 Å². The van der Waals surface area contributed by atoms with Gasteiger partial charge in [0, 0.05) is 36.1 Å². The molecule has 1 saturated heterocycles. The highest BCUT2D eigenvalue weighted by Gasteiger charge is 2.33. The number of rotatable bonds is 4. The molecule has 2 N–H and O–H groups in total. The highest BCUT2D eigenvalue weighted by molar-refractivity contribution is 5.95. The van der Waals surface area contributed by atoms with E-state index in [9.17, 15) is 17.6 Å². The average molecular weight is 462 g/mol. The van der Waals surface area contributed by atoms with Crippen LogP contribution in [0.2, 0.25) is 0 Å². The summed E-state index contributed by atoms with van der Waals surface area (Å²) in [6.07, 6.45) is -5.39. The molecule has 2 heterocycles. The van der Waals surface area contributed by atoms with Crippen molar-refractivity contribution in [2.75, 3.05) is 36.4 Å². The molecule has 3 aromatic rings. The molecule has 33 heavy (non-hydrogen) atoms. The molecule has 176 valence electrons. The fourth-order valence-electron chi connectivity index (χ4n) is 4.39. The summed E-state index contributed by atoms with van der Waals surface area (Å²) in [6, 6.07) is 9.58. The smallest absolute Gasteiger partial charge is 0.367 e. The van der Waals surface area contributed by atoms with E-state index in [0.717, 1.165) is 28.2 Å².